The van der Waals surface area contributed by atoms with Crippen LogP contribution >= 0.6 is 0 Å². The Morgan fingerprint density at radius 3 is 2.86 bits per heavy atom. The van der Waals surface area contributed by atoms with Crippen molar-refractivity contribution in [1.29, 1.82) is 0 Å². The van der Waals surface area contributed by atoms with Gasteiger partial charge in [0.05, 0.1) is 25.3 Å². The molecule has 4 nitrogen and oxygen atoms in total. The molecule has 0 aliphatic carbocycles. The standard InChI is InChI=1S/C17H18N2O2/c1-12-13(5-4-6-14(12)18)11-19-15-7-2-3-8-16(15)21-10-9-17(19)20/h2-8H,9-11,18H2,1H3. The molecule has 2 aromatic carbocycles. The number of rotatable bonds is 2. The summed E-state index contributed by atoms with van der Waals surface area (Å²) in [5, 5.41) is 0. The van der Waals surface area contributed by atoms with Gasteiger partial charge in [-0.2, -0.15) is 0 Å². The van der Waals surface area contributed by atoms with E-state index in [4.69, 9.17) is 10.5 Å². The molecule has 1 amide bonds. The van der Waals surface area contributed by atoms with Crippen molar-refractivity contribution in [3.05, 3.63) is 53.6 Å². The number of anilines is 2. The molecule has 0 spiro atoms. The van der Waals surface area contributed by atoms with E-state index in [-0.39, 0.29) is 5.91 Å². The summed E-state index contributed by atoms with van der Waals surface area (Å²) in [4.78, 5) is 14.2. The highest BCUT2D eigenvalue weighted by molar-refractivity contribution is 5.95. The molecular formula is C17H18N2O2. The van der Waals surface area contributed by atoms with Gasteiger partial charge < -0.3 is 15.4 Å². The minimum atomic E-state index is 0.0711. The maximum atomic E-state index is 12.4. The third kappa shape index (κ3) is 2.57. The number of amides is 1. The summed E-state index contributed by atoms with van der Waals surface area (Å²) in [6.45, 7) is 2.91. The van der Waals surface area contributed by atoms with E-state index in [1.807, 2.05) is 49.4 Å². The molecule has 1 aliphatic rings. The molecule has 1 heterocycles. The molecule has 0 fully saturated rings. The Balaban J connectivity index is 2.00. The molecule has 3 rings (SSSR count). The van der Waals surface area contributed by atoms with Crippen molar-refractivity contribution in [2.45, 2.75) is 19.9 Å². The maximum absolute atomic E-state index is 12.4. The minimum Gasteiger partial charge on any atom is -0.491 e. The number of fused-ring (bicyclic) bond motifs is 1. The van der Waals surface area contributed by atoms with Gasteiger partial charge in [-0.05, 0) is 36.2 Å². The molecule has 2 aromatic rings. The number of nitrogens with zero attached hydrogens (tertiary/aromatic N) is 1. The van der Waals surface area contributed by atoms with Gasteiger partial charge in [-0.1, -0.05) is 24.3 Å². The Morgan fingerprint density at radius 1 is 1.19 bits per heavy atom. The zero-order chi connectivity index (χ0) is 14.8. The molecule has 108 valence electrons. The number of nitrogen functional groups attached to an aromatic ring is 1. The fourth-order valence-corrected chi connectivity index (χ4v) is 2.54. The van der Waals surface area contributed by atoms with Gasteiger partial charge in [0.2, 0.25) is 5.91 Å². The van der Waals surface area contributed by atoms with E-state index in [9.17, 15) is 4.79 Å². The highest BCUT2D eigenvalue weighted by Crippen LogP contribution is 2.32. The van der Waals surface area contributed by atoms with Crippen LogP contribution in [0.15, 0.2) is 42.5 Å². The average molecular weight is 282 g/mol. The number of para-hydroxylation sites is 2. The summed E-state index contributed by atoms with van der Waals surface area (Å²) in [7, 11) is 0. The SMILES string of the molecule is Cc1c(N)cccc1CN1C(=O)CCOc2ccccc21. The van der Waals surface area contributed by atoms with Gasteiger partial charge in [-0.25, -0.2) is 0 Å². The Bertz CT molecular complexity index is 682. The van der Waals surface area contributed by atoms with E-state index in [1.54, 1.807) is 4.90 Å². The molecule has 0 aromatic heterocycles. The third-order valence-corrected chi connectivity index (χ3v) is 3.85. The smallest absolute Gasteiger partial charge is 0.230 e. The van der Waals surface area contributed by atoms with Gasteiger partial charge in [0, 0.05) is 5.69 Å². The number of hydrogen-bond donors (Lipinski definition) is 1. The number of benzene rings is 2. The summed E-state index contributed by atoms with van der Waals surface area (Å²) >= 11 is 0. The van der Waals surface area contributed by atoms with Crippen LogP contribution in [0.1, 0.15) is 17.5 Å². The van der Waals surface area contributed by atoms with Crippen LogP contribution in [0.25, 0.3) is 0 Å². The largest absolute Gasteiger partial charge is 0.491 e. The van der Waals surface area contributed by atoms with Crippen LogP contribution in [-0.4, -0.2) is 12.5 Å². The first-order valence-corrected chi connectivity index (χ1v) is 7.03. The summed E-state index contributed by atoms with van der Waals surface area (Å²) in [6.07, 6.45) is 0.385. The predicted molar refractivity (Wildman–Crippen MR) is 83.3 cm³/mol. The first-order valence-electron chi connectivity index (χ1n) is 7.03. The Labute approximate surface area is 124 Å². The summed E-state index contributed by atoms with van der Waals surface area (Å²) < 4.78 is 5.65. The lowest BCUT2D eigenvalue weighted by Crippen LogP contribution is -2.30. The van der Waals surface area contributed by atoms with Crippen LogP contribution in [0.5, 0.6) is 5.75 Å². The lowest BCUT2D eigenvalue weighted by Gasteiger charge is -2.23. The molecule has 2 N–H and O–H groups in total. The van der Waals surface area contributed by atoms with Crippen molar-refractivity contribution in [2.24, 2.45) is 0 Å². The normalized spacial score (nSPS) is 14.3. The molecule has 0 bridgehead atoms. The van der Waals surface area contributed by atoms with Crippen LogP contribution in [0.2, 0.25) is 0 Å². The van der Waals surface area contributed by atoms with Gasteiger partial charge in [0.1, 0.15) is 5.75 Å². The third-order valence-electron chi connectivity index (χ3n) is 3.85. The molecule has 0 saturated carbocycles. The fourth-order valence-electron chi connectivity index (χ4n) is 2.54. The zero-order valence-electron chi connectivity index (χ0n) is 12.0. The lowest BCUT2D eigenvalue weighted by molar-refractivity contribution is -0.118. The average Bonchev–Trinajstić information content (AvgIpc) is 2.64. The number of hydrogen-bond acceptors (Lipinski definition) is 3. The summed E-state index contributed by atoms with van der Waals surface area (Å²) in [6, 6.07) is 13.4. The zero-order valence-corrected chi connectivity index (χ0v) is 12.0. The van der Waals surface area contributed by atoms with Crippen LogP contribution in [0.4, 0.5) is 11.4 Å². The summed E-state index contributed by atoms with van der Waals surface area (Å²) in [5.41, 5.74) is 9.61. The van der Waals surface area contributed by atoms with E-state index in [1.165, 1.54) is 0 Å². The van der Waals surface area contributed by atoms with E-state index >= 15 is 0 Å². The minimum absolute atomic E-state index is 0.0711. The molecule has 1 aliphatic heterocycles. The molecule has 0 unspecified atom stereocenters. The lowest BCUT2D eigenvalue weighted by atomic mass is 10.1. The van der Waals surface area contributed by atoms with Crippen molar-refractivity contribution in [3.63, 3.8) is 0 Å². The number of carbonyl (C=O) groups excluding carboxylic acids is 1. The highest BCUT2D eigenvalue weighted by atomic mass is 16.5. The van der Waals surface area contributed by atoms with Gasteiger partial charge in [-0.15, -0.1) is 0 Å². The molecule has 0 radical (unpaired) electrons. The first-order chi connectivity index (χ1) is 10.2. The van der Waals surface area contributed by atoms with E-state index in [0.29, 0.717) is 19.6 Å². The van der Waals surface area contributed by atoms with Crippen LogP contribution in [0.3, 0.4) is 0 Å². The van der Waals surface area contributed by atoms with E-state index < -0.39 is 0 Å². The monoisotopic (exact) mass is 282 g/mol. The van der Waals surface area contributed by atoms with Crippen molar-refractivity contribution in [3.8, 4) is 5.75 Å². The van der Waals surface area contributed by atoms with Gasteiger partial charge in [-0.3, -0.25) is 4.79 Å². The molecular weight excluding hydrogens is 264 g/mol. The van der Waals surface area contributed by atoms with Crippen LogP contribution in [0, 0.1) is 6.92 Å². The van der Waals surface area contributed by atoms with Crippen molar-refractivity contribution in [1.82, 2.24) is 0 Å². The second-order valence-electron chi connectivity index (χ2n) is 5.18. The molecule has 4 heteroatoms. The molecule has 21 heavy (non-hydrogen) atoms. The van der Waals surface area contributed by atoms with Gasteiger partial charge >= 0.3 is 0 Å². The van der Waals surface area contributed by atoms with E-state index in [2.05, 4.69) is 0 Å². The van der Waals surface area contributed by atoms with Crippen LogP contribution < -0.4 is 15.4 Å². The van der Waals surface area contributed by atoms with Crippen LogP contribution in [-0.2, 0) is 11.3 Å². The highest BCUT2D eigenvalue weighted by Gasteiger charge is 2.23. The second-order valence-corrected chi connectivity index (χ2v) is 5.18. The quantitative estimate of drug-likeness (QED) is 0.862. The second kappa shape index (κ2) is 5.48. The topological polar surface area (TPSA) is 55.6 Å². The number of carbonyl (C=O) groups is 1. The summed E-state index contributed by atoms with van der Waals surface area (Å²) in [5.74, 6) is 0.826. The van der Waals surface area contributed by atoms with Gasteiger partial charge in [0.15, 0.2) is 0 Å². The first kappa shape index (κ1) is 13.5. The van der Waals surface area contributed by atoms with E-state index in [0.717, 1.165) is 28.3 Å². The number of nitrogens with two attached hydrogens (primary N) is 1. The Kier molecular flexibility index (Phi) is 3.52. The number of ether oxygens (including phenoxy) is 1. The fraction of sp³-hybridized carbons (Fsp3) is 0.235. The Hall–Kier alpha value is -2.49. The maximum Gasteiger partial charge on any atom is 0.230 e. The van der Waals surface area contributed by atoms with Crippen molar-refractivity contribution in [2.75, 3.05) is 17.2 Å². The van der Waals surface area contributed by atoms with Crippen molar-refractivity contribution >= 4 is 17.3 Å². The molecule has 0 atom stereocenters. The molecule has 0 saturated heterocycles. The van der Waals surface area contributed by atoms with Gasteiger partial charge in [0.25, 0.3) is 0 Å². The Morgan fingerprint density at radius 2 is 2.00 bits per heavy atom. The predicted octanol–water partition coefficient (Wildman–Crippen LogP) is 2.89. The van der Waals surface area contributed by atoms with Crippen molar-refractivity contribution < 1.29 is 9.53 Å².